The second kappa shape index (κ2) is 8.58. The number of piperazine rings is 1. The highest BCUT2D eigenvalue weighted by Crippen LogP contribution is 2.34. The standard InChI is InChI=1S/C21H27N7O2S/c1-26-6-8-27(9-7-26)18-11-17(22-13-23-18)25-19(29)10-14-12-31-21-24-16-5-3-2-4-15(16)20(30)28(14)21/h11,13-14H,2-10,12H2,1H3,(H,22,23,25,29). The van der Waals surface area contributed by atoms with E-state index in [1.807, 2.05) is 6.07 Å². The Hall–Kier alpha value is -2.46. The van der Waals surface area contributed by atoms with E-state index in [-0.39, 0.29) is 23.9 Å². The Morgan fingerprint density at radius 1 is 1.19 bits per heavy atom. The number of amides is 1. The van der Waals surface area contributed by atoms with Gasteiger partial charge >= 0.3 is 0 Å². The van der Waals surface area contributed by atoms with Crippen LogP contribution in [0, 0.1) is 0 Å². The zero-order valence-electron chi connectivity index (χ0n) is 17.7. The van der Waals surface area contributed by atoms with Crippen molar-refractivity contribution in [2.24, 2.45) is 0 Å². The topological polar surface area (TPSA) is 96.2 Å². The van der Waals surface area contributed by atoms with Crippen molar-refractivity contribution in [2.45, 2.75) is 43.3 Å². The van der Waals surface area contributed by atoms with Crippen LogP contribution in [0.5, 0.6) is 0 Å². The molecule has 4 heterocycles. The maximum absolute atomic E-state index is 13.0. The van der Waals surface area contributed by atoms with Crippen molar-refractivity contribution < 1.29 is 4.79 Å². The van der Waals surface area contributed by atoms with Crippen LogP contribution in [0.1, 0.15) is 36.6 Å². The Labute approximate surface area is 185 Å². The number of fused-ring (bicyclic) bond motifs is 2. The molecule has 1 amide bonds. The van der Waals surface area contributed by atoms with Crippen LogP contribution in [0.3, 0.4) is 0 Å². The van der Waals surface area contributed by atoms with Crippen molar-refractivity contribution in [3.05, 3.63) is 34.0 Å². The molecule has 0 aromatic carbocycles. The van der Waals surface area contributed by atoms with Crippen LogP contribution in [-0.2, 0) is 17.6 Å². The summed E-state index contributed by atoms with van der Waals surface area (Å²) >= 11 is 1.57. The molecule has 2 aliphatic heterocycles. The van der Waals surface area contributed by atoms with Gasteiger partial charge in [0, 0.05) is 50.0 Å². The second-order valence-electron chi connectivity index (χ2n) is 8.47. The molecule has 1 saturated heterocycles. The highest BCUT2D eigenvalue weighted by molar-refractivity contribution is 7.99. The monoisotopic (exact) mass is 441 g/mol. The fourth-order valence-electron chi connectivity index (χ4n) is 4.50. The third-order valence-electron chi connectivity index (χ3n) is 6.29. The summed E-state index contributed by atoms with van der Waals surface area (Å²) in [5, 5.41) is 3.65. The van der Waals surface area contributed by atoms with Crippen molar-refractivity contribution in [3.63, 3.8) is 0 Å². The minimum atomic E-state index is -0.175. The summed E-state index contributed by atoms with van der Waals surface area (Å²) in [4.78, 5) is 43.6. The molecular weight excluding hydrogens is 414 g/mol. The van der Waals surface area contributed by atoms with Crippen molar-refractivity contribution in [3.8, 4) is 0 Å². The molecule has 10 heteroatoms. The van der Waals surface area contributed by atoms with Crippen molar-refractivity contribution in [2.75, 3.05) is 49.2 Å². The van der Waals surface area contributed by atoms with Crippen molar-refractivity contribution in [1.29, 1.82) is 0 Å². The van der Waals surface area contributed by atoms with Gasteiger partial charge < -0.3 is 15.1 Å². The number of nitrogens with one attached hydrogen (secondary N) is 1. The van der Waals surface area contributed by atoms with Gasteiger partial charge in [-0.1, -0.05) is 11.8 Å². The lowest BCUT2D eigenvalue weighted by molar-refractivity contribution is -0.116. The van der Waals surface area contributed by atoms with E-state index < -0.39 is 0 Å². The van der Waals surface area contributed by atoms with Gasteiger partial charge in [0.05, 0.1) is 11.7 Å². The third-order valence-corrected chi connectivity index (χ3v) is 7.39. The zero-order valence-corrected chi connectivity index (χ0v) is 18.5. The fraction of sp³-hybridized carbons (Fsp3) is 0.571. The molecule has 2 aromatic rings. The van der Waals surface area contributed by atoms with Crippen LogP contribution in [0.2, 0.25) is 0 Å². The van der Waals surface area contributed by atoms with Crippen molar-refractivity contribution >= 4 is 29.3 Å². The summed E-state index contributed by atoms with van der Waals surface area (Å²) in [5.41, 5.74) is 1.84. The van der Waals surface area contributed by atoms with Gasteiger partial charge in [-0.25, -0.2) is 15.0 Å². The van der Waals surface area contributed by atoms with E-state index in [1.165, 1.54) is 6.33 Å². The molecule has 0 radical (unpaired) electrons. The molecule has 0 bridgehead atoms. The molecule has 1 aliphatic carbocycles. The van der Waals surface area contributed by atoms with Gasteiger partial charge in [-0.2, -0.15) is 0 Å². The number of aryl methyl sites for hydroxylation is 1. The number of aromatic nitrogens is 4. The molecule has 2 aromatic heterocycles. The Morgan fingerprint density at radius 2 is 2.00 bits per heavy atom. The predicted octanol–water partition coefficient (Wildman–Crippen LogP) is 1.34. The SMILES string of the molecule is CN1CCN(c2cc(NC(=O)CC3CSc4nc5c(c(=O)n43)CCCC5)ncn2)CC1. The summed E-state index contributed by atoms with van der Waals surface area (Å²) in [6, 6.07) is 1.65. The number of hydrogen-bond donors (Lipinski definition) is 1. The van der Waals surface area contributed by atoms with E-state index in [0.29, 0.717) is 11.6 Å². The number of hydrogen-bond acceptors (Lipinski definition) is 8. The first-order chi connectivity index (χ1) is 15.1. The lowest BCUT2D eigenvalue weighted by Gasteiger charge is -2.33. The first-order valence-corrected chi connectivity index (χ1v) is 11.9. The molecule has 0 spiro atoms. The molecule has 164 valence electrons. The average molecular weight is 442 g/mol. The summed E-state index contributed by atoms with van der Waals surface area (Å²) in [5.74, 6) is 1.86. The predicted molar refractivity (Wildman–Crippen MR) is 120 cm³/mol. The minimum Gasteiger partial charge on any atom is -0.354 e. The molecule has 9 nitrogen and oxygen atoms in total. The Bertz CT molecular complexity index is 1050. The highest BCUT2D eigenvalue weighted by Gasteiger charge is 2.30. The van der Waals surface area contributed by atoms with Gasteiger partial charge in [0.2, 0.25) is 5.91 Å². The van der Waals surface area contributed by atoms with Gasteiger partial charge in [0.15, 0.2) is 5.16 Å². The van der Waals surface area contributed by atoms with Gasteiger partial charge in [0.25, 0.3) is 5.56 Å². The Morgan fingerprint density at radius 3 is 2.84 bits per heavy atom. The molecular formula is C21H27N7O2S. The lowest BCUT2D eigenvalue weighted by atomic mass is 9.97. The van der Waals surface area contributed by atoms with E-state index in [9.17, 15) is 9.59 Å². The summed E-state index contributed by atoms with van der Waals surface area (Å²) in [6.07, 6.45) is 5.52. The quantitative estimate of drug-likeness (QED) is 0.710. The smallest absolute Gasteiger partial charge is 0.257 e. The number of carbonyl (C=O) groups excluding carboxylic acids is 1. The largest absolute Gasteiger partial charge is 0.354 e. The molecule has 1 N–H and O–H groups in total. The van der Waals surface area contributed by atoms with Crippen LogP contribution in [-0.4, -0.2) is 69.3 Å². The molecule has 1 atom stereocenters. The summed E-state index contributed by atoms with van der Waals surface area (Å²) < 4.78 is 1.74. The summed E-state index contributed by atoms with van der Waals surface area (Å²) in [7, 11) is 2.11. The van der Waals surface area contributed by atoms with E-state index in [0.717, 1.165) is 74.1 Å². The zero-order chi connectivity index (χ0) is 21.4. The Balaban J connectivity index is 1.28. The van der Waals surface area contributed by atoms with E-state index in [2.05, 4.69) is 32.1 Å². The van der Waals surface area contributed by atoms with E-state index in [1.54, 1.807) is 16.3 Å². The first-order valence-electron chi connectivity index (χ1n) is 10.9. The third kappa shape index (κ3) is 4.18. The van der Waals surface area contributed by atoms with Crippen LogP contribution >= 0.6 is 11.8 Å². The maximum Gasteiger partial charge on any atom is 0.257 e. The van der Waals surface area contributed by atoms with Gasteiger partial charge in [-0.3, -0.25) is 14.2 Å². The maximum atomic E-state index is 13.0. The minimum absolute atomic E-state index is 0.0434. The first kappa shape index (κ1) is 20.4. The van der Waals surface area contributed by atoms with E-state index >= 15 is 0 Å². The van der Waals surface area contributed by atoms with Crippen LogP contribution in [0.4, 0.5) is 11.6 Å². The normalized spacial score (nSPS) is 20.9. The number of carbonyl (C=O) groups is 1. The molecule has 1 fully saturated rings. The molecule has 5 rings (SSSR count). The number of thioether (sulfide) groups is 1. The number of likely N-dealkylation sites (N-methyl/N-ethyl adjacent to an activating group) is 1. The van der Waals surface area contributed by atoms with Crippen LogP contribution in [0.25, 0.3) is 0 Å². The van der Waals surface area contributed by atoms with E-state index in [4.69, 9.17) is 4.98 Å². The van der Waals surface area contributed by atoms with Crippen LogP contribution < -0.4 is 15.8 Å². The Kier molecular flexibility index (Phi) is 5.66. The lowest BCUT2D eigenvalue weighted by Crippen LogP contribution is -2.44. The molecule has 1 unspecified atom stereocenters. The second-order valence-corrected chi connectivity index (χ2v) is 9.46. The van der Waals surface area contributed by atoms with Gasteiger partial charge in [-0.15, -0.1) is 0 Å². The number of anilines is 2. The van der Waals surface area contributed by atoms with Gasteiger partial charge in [0.1, 0.15) is 18.0 Å². The fourth-order valence-corrected chi connectivity index (χ4v) is 5.65. The molecule has 0 saturated carbocycles. The molecule has 31 heavy (non-hydrogen) atoms. The van der Waals surface area contributed by atoms with Gasteiger partial charge in [-0.05, 0) is 32.7 Å². The highest BCUT2D eigenvalue weighted by atomic mass is 32.2. The number of nitrogens with zero attached hydrogens (tertiary/aromatic N) is 6. The summed E-state index contributed by atoms with van der Waals surface area (Å²) in [6.45, 7) is 3.77. The average Bonchev–Trinajstić information content (AvgIpc) is 3.17. The molecule has 3 aliphatic rings. The van der Waals surface area contributed by atoms with Crippen molar-refractivity contribution in [1.82, 2.24) is 24.4 Å². The van der Waals surface area contributed by atoms with Crippen LogP contribution in [0.15, 0.2) is 22.3 Å². The number of rotatable bonds is 4.